The van der Waals surface area contributed by atoms with Crippen molar-refractivity contribution in [3.8, 4) is 0 Å². The maximum atomic E-state index is 4.69. The minimum Gasteiger partial charge on any atom is -0.328 e. The number of amidine groups is 2. The van der Waals surface area contributed by atoms with Crippen LogP contribution in [-0.2, 0) is 0 Å². The Morgan fingerprint density at radius 3 is 2.70 bits per heavy atom. The van der Waals surface area contributed by atoms with Gasteiger partial charge in [-0.15, -0.1) is 0 Å². The molecule has 2 aliphatic rings. The molecule has 1 N–H and O–H groups in total. The average molecular weight is 301 g/mol. The lowest BCUT2D eigenvalue weighted by Gasteiger charge is -2.16. The molecule has 0 amide bonds. The van der Waals surface area contributed by atoms with E-state index >= 15 is 0 Å². The highest BCUT2D eigenvalue weighted by molar-refractivity contribution is 6.20. The largest absolute Gasteiger partial charge is 0.328 e. The highest BCUT2D eigenvalue weighted by Crippen LogP contribution is 2.31. The molecule has 4 rings (SSSR count). The summed E-state index contributed by atoms with van der Waals surface area (Å²) in [4.78, 5) is 17.8. The van der Waals surface area contributed by atoms with Gasteiger partial charge in [0.2, 0.25) is 0 Å². The van der Waals surface area contributed by atoms with Gasteiger partial charge in [-0.05, 0) is 30.7 Å². The van der Waals surface area contributed by atoms with E-state index in [0.717, 1.165) is 29.5 Å². The zero-order valence-electron chi connectivity index (χ0n) is 12.4. The monoisotopic (exact) mass is 301 g/mol. The van der Waals surface area contributed by atoms with Crippen molar-refractivity contribution in [3.63, 3.8) is 0 Å². The van der Waals surface area contributed by atoms with E-state index in [-0.39, 0.29) is 5.92 Å². The number of pyridine rings is 2. The summed E-state index contributed by atoms with van der Waals surface area (Å²) in [7, 11) is 0. The van der Waals surface area contributed by atoms with Gasteiger partial charge in [0.1, 0.15) is 11.7 Å². The van der Waals surface area contributed by atoms with Gasteiger partial charge in [0.15, 0.2) is 11.7 Å². The van der Waals surface area contributed by atoms with E-state index < -0.39 is 0 Å². The second-order valence-corrected chi connectivity index (χ2v) is 5.30. The first-order valence-corrected chi connectivity index (χ1v) is 7.53. The van der Waals surface area contributed by atoms with Crippen molar-refractivity contribution in [2.45, 2.75) is 6.42 Å². The Kier molecular flexibility index (Phi) is 3.52. The van der Waals surface area contributed by atoms with Gasteiger partial charge in [0.05, 0.1) is 0 Å². The number of aliphatic imine (C=N–C) groups is 2. The second kappa shape index (κ2) is 5.96. The summed E-state index contributed by atoms with van der Waals surface area (Å²) < 4.78 is 0. The number of hydrogen-bond acceptors (Lipinski definition) is 4. The molecule has 2 aromatic heterocycles. The molecule has 0 saturated heterocycles. The fraction of sp³-hybridized carbons (Fsp3) is 0.111. The Morgan fingerprint density at radius 1 is 1.04 bits per heavy atom. The molecular weight excluding hydrogens is 286 g/mol. The van der Waals surface area contributed by atoms with Crippen molar-refractivity contribution in [3.05, 3.63) is 72.6 Å². The number of aromatic nitrogens is 2. The minimum absolute atomic E-state index is 0.199. The molecule has 0 aromatic carbocycles. The number of anilines is 1. The van der Waals surface area contributed by atoms with Crippen LogP contribution in [0.1, 0.15) is 6.42 Å². The molecule has 0 spiro atoms. The van der Waals surface area contributed by atoms with Gasteiger partial charge in [-0.2, -0.15) is 0 Å². The van der Waals surface area contributed by atoms with Crippen LogP contribution in [0.25, 0.3) is 0 Å². The highest BCUT2D eigenvalue weighted by atomic mass is 15.1. The molecule has 1 unspecified atom stereocenters. The van der Waals surface area contributed by atoms with Crippen LogP contribution in [-0.4, -0.2) is 21.6 Å². The molecule has 0 bridgehead atoms. The number of fused-ring (bicyclic) bond motifs is 1. The molecular formula is C18H15N5. The van der Waals surface area contributed by atoms with Gasteiger partial charge in [-0.25, -0.2) is 20.0 Å². The van der Waals surface area contributed by atoms with Crippen molar-refractivity contribution < 1.29 is 0 Å². The van der Waals surface area contributed by atoms with E-state index in [1.54, 1.807) is 12.4 Å². The van der Waals surface area contributed by atoms with Gasteiger partial charge in [0, 0.05) is 23.9 Å². The number of nitrogens with one attached hydrogen (secondary N) is 1. The Morgan fingerprint density at radius 2 is 1.91 bits per heavy atom. The molecule has 1 aliphatic carbocycles. The summed E-state index contributed by atoms with van der Waals surface area (Å²) in [6.45, 7) is 0. The fourth-order valence-electron chi connectivity index (χ4n) is 2.68. The SMILES string of the molecule is C1=CCC2C(=C1)C(=Nc1ccccn1)N=C2Nc1ccccn1. The minimum atomic E-state index is 0.199. The molecule has 112 valence electrons. The highest BCUT2D eigenvalue weighted by Gasteiger charge is 2.31. The van der Waals surface area contributed by atoms with Crippen molar-refractivity contribution in [1.29, 1.82) is 0 Å². The van der Waals surface area contributed by atoms with E-state index in [1.165, 1.54) is 0 Å². The Labute approximate surface area is 134 Å². The standard InChI is InChI=1S/C18H15N5/c1-2-8-14-13(7-1)17(21-15-9-3-5-11-19-15)23-18(14)22-16-10-4-6-12-20-16/h1-7,9-12,14H,8H2,(H,19,20,21,22,23). The molecule has 1 atom stereocenters. The summed E-state index contributed by atoms with van der Waals surface area (Å²) in [5.74, 6) is 3.26. The Hall–Kier alpha value is -3.08. The second-order valence-electron chi connectivity index (χ2n) is 5.30. The van der Waals surface area contributed by atoms with E-state index in [0.29, 0.717) is 5.82 Å². The van der Waals surface area contributed by atoms with E-state index in [4.69, 9.17) is 4.99 Å². The molecule has 5 heteroatoms. The number of hydrogen-bond donors (Lipinski definition) is 1. The van der Waals surface area contributed by atoms with Gasteiger partial charge in [-0.1, -0.05) is 30.4 Å². The molecule has 0 saturated carbocycles. The average Bonchev–Trinajstić information content (AvgIpc) is 2.95. The summed E-state index contributed by atoms with van der Waals surface area (Å²) in [6.07, 6.45) is 10.7. The predicted octanol–water partition coefficient (Wildman–Crippen LogP) is 3.53. The molecule has 23 heavy (non-hydrogen) atoms. The zero-order chi connectivity index (χ0) is 15.5. The van der Waals surface area contributed by atoms with Crippen LogP contribution >= 0.6 is 0 Å². The smallest absolute Gasteiger partial charge is 0.160 e. The predicted molar refractivity (Wildman–Crippen MR) is 92.0 cm³/mol. The summed E-state index contributed by atoms with van der Waals surface area (Å²) in [5, 5.41) is 3.32. The fourth-order valence-corrected chi connectivity index (χ4v) is 2.68. The Balaban J connectivity index is 1.69. The lowest BCUT2D eigenvalue weighted by molar-refractivity contribution is 0.855. The van der Waals surface area contributed by atoms with Gasteiger partial charge in [0.25, 0.3) is 0 Å². The first-order chi connectivity index (χ1) is 11.4. The quantitative estimate of drug-likeness (QED) is 0.923. The first kappa shape index (κ1) is 13.6. The van der Waals surface area contributed by atoms with Crippen molar-refractivity contribution in [1.82, 2.24) is 9.97 Å². The lowest BCUT2D eigenvalue weighted by atomic mass is 9.92. The third kappa shape index (κ3) is 2.81. The third-order valence-corrected chi connectivity index (χ3v) is 3.76. The van der Waals surface area contributed by atoms with Crippen molar-refractivity contribution in [2.24, 2.45) is 15.9 Å². The number of nitrogens with zero attached hydrogens (tertiary/aromatic N) is 4. The summed E-state index contributed by atoms with van der Waals surface area (Å²) in [6, 6.07) is 11.4. The van der Waals surface area contributed by atoms with Crippen LogP contribution in [0.4, 0.5) is 11.6 Å². The van der Waals surface area contributed by atoms with Gasteiger partial charge >= 0.3 is 0 Å². The van der Waals surface area contributed by atoms with E-state index in [1.807, 2.05) is 36.4 Å². The van der Waals surface area contributed by atoms with Gasteiger partial charge in [-0.3, -0.25) is 0 Å². The normalized spacial score (nSPS) is 20.9. The molecule has 2 aromatic rings. The van der Waals surface area contributed by atoms with E-state index in [9.17, 15) is 0 Å². The third-order valence-electron chi connectivity index (χ3n) is 3.76. The van der Waals surface area contributed by atoms with Crippen LogP contribution in [0.3, 0.4) is 0 Å². The summed E-state index contributed by atoms with van der Waals surface area (Å²) in [5.41, 5.74) is 1.12. The lowest BCUT2D eigenvalue weighted by Crippen LogP contribution is -2.21. The molecule has 3 heterocycles. The topological polar surface area (TPSA) is 62.5 Å². The van der Waals surface area contributed by atoms with Crippen molar-refractivity contribution >= 4 is 23.3 Å². The maximum Gasteiger partial charge on any atom is 0.160 e. The summed E-state index contributed by atoms with van der Waals surface area (Å²) >= 11 is 0. The number of rotatable bonds is 2. The molecule has 1 aliphatic heterocycles. The van der Waals surface area contributed by atoms with Gasteiger partial charge < -0.3 is 5.32 Å². The van der Waals surface area contributed by atoms with Crippen LogP contribution in [0.15, 0.2) is 82.6 Å². The number of allylic oxidation sites excluding steroid dienone is 3. The molecule has 0 radical (unpaired) electrons. The first-order valence-electron chi connectivity index (χ1n) is 7.53. The molecule has 0 fully saturated rings. The zero-order valence-corrected chi connectivity index (χ0v) is 12.4. The van der Waals surface area contributed by atoms with Crippen LogP contribution in [0.2, 0.25) is 0 Å². The maximum absolute atomic E-state index is 4.69. The van der Waals surface area contributed by atoms with E-state index in [2.05, 4.69) is 38.5 Å². The molecule has 5 nitrogen and oxygen atoms in total. The van der Waals surface area contributed by atoms with Crippen LogP contribution in [0.5, 0.6) is 0 Å². The Bertz CT molecular complexity index is 819. The van der Waals surface area contributed by atoms with Crippen LogP contribution < -0.4 is 5.32 Å². The van der Waals surface area contributed by atoms with Crippen molar-refractivity contribution in [2.75, 3.05) is 5.32 Å². The van der Waals surface area contributed by atoms with Crippen LogP contribution in [0, 0.1) is 5.92 Å².